The van der Waals surface area contributed by atoms with Gasteiger partial charge in [0.1, 0.15) is 6.73 Å². The molecule has 0 aromatic carbocycles. The van der Waals surface area contributed by atoms with Crippen LogP contribution >= 0.6 is 0 Å². The van der Waals surface area contributed by atoms with Gasteiger partial charge in [-0.25, -0.2) is 4.79 Å². The maximum Gasteiger partial charge on any atom is 0.330 e. The molecule has 0 saturated heterocycles. The highest BCUT2D eigenvalue weighted by atomic mass is 28.4. The van der Waals surface area contributed by atoms with Crippen molar-refractivity contribution in [3.63, 3.8) is 0 Å². The zero-order valence-corrected chi connectivity index (χ0v) is 15.5. The lowest BCUT2D eigenvalue weighted by Crippen LogP contribution is -2.41. The van der Waals surface area contributed by atoms with Gasteiger partial charge in [0.25, 0.3) is 5.56 Å². The summed E-state index contributed by atoms with van der Waals surface area (Å²) in [5, 5.41) is 0.166. The average Bonchev–Trinajstić information content (AvgIpc) is 2.39. The van der Waals surface area contributed by atoms with Crippen LogP contribution in [0.2, 0.25) is 18.1 Å². The summed E-state index contributed by atoms with van der Waals surface area (Å²) in [6, 6.07) is 0. The van der Waals surface area contributed by atoms with Crippen molar-refractivity contribution in [3.8, 4) is 0 Å². The Bertz CT molecular complexity index is 599. The van der Waals surface area contributed by atoms with E-state index in [0.29, 0.717) is 25.2 Å². The number of H-pyrrole nitrogens is 1. The van der Waals surface area contributed by atoms with Crippen molar-refractivity contribution < 1.29 is 9.16 Å². The quantitative estimate of drug-likeness (QED) is 0.614. The Labute approximate surface area is 132 Å². The van der Waals surface area contributed by atoms with Crippen molar-refractivity contribution in [1.82, 2.24) is 9.55 Å². The minimum Gasteiger partial charge on any atom is -0.414 e. The van der Waals surface area contributed by atoms with Crippen molar-refractivity contribution in [2.45, 2.75) is 59.0 Å². The molecule has 0 aliphatic rings. The largest absolute Gasteiger partial charge is 0.414 e. The molecular weight excluding hydrogens is 300 g/mol. The second kappa shape index (κ2) is 7.39. The van der Waals surface area contributed by atoms with Crippen molar-refractivity contribution in [2.24, 2.45) is 0 Å². The topological polar surface area (TPSA) is 73.3 Å². The maximum atomic E-state index is 11.7. The number of nitrogens with zero attached hydrogens (tertiary/aromatic N) is 1. The van der Waals surface area contributed by atoms with Crippen LogP contribution in [-0.2, 0) is 22.3 Å². The van der Waals surface area contributed by atoms with Gasteiger partial charge in [0.2, 0.25) is 0 Å². The highest BCUT2D eigenvalue weighted by molar-refractivity contribution is 6.74. The molecule has 1 N–H and O–H groups in total. The fourth-order valence-electron chi connectivity index (χ4n) is 1.64. The predicted octanol–water partition coefficient (Wildman–Crippen LogP) is 2.09. The SMILES string of the molecule is CCc1cn(COCCO[Si](C)(C)C(C)(C)C)c(=O)[nH]c1=O. The molecular formula is C15H28N2O4Si. The summed E-state index contributed by atoms with van der Waals surface area (Å²) < 4.78 is 12.8. The van der Waals surface area contributed by atoms with Gasteiger partial charge in [0, 0.05) is 11.8 Å². The van der Waals surface area contributed by atoms with Gasteiger partial charge in [-0.05, 0) is 24.6 Å². The first-order valence-corrected chi connectivity index (χ1v) is 10.5. The molecule has 0 spiro atoms. The van der Waals surface area contributed by atoms with Gasteiger partial charge in [-0.2, -0.15) is 0 Å². The molecule has 0 bridgehead atoms. The van der Waals surface area contributed by atoms with E-state index in [1.165, 1.54) is 4.57 Å². The second-order valence-corrected chi connectivity index (χ2v) is 11.7. The molecule has 1 rings (SSSR count). The Kier molecular flexibility index (Phi) is 6.34. The van der Waals surface area contributed by atoms with Crippen LogP contribution in [0.15, 0.2) is 15.8 Å². The molecule has 22 heavy (non-hydrogen) atoms. The molecule has 0 saturated carbocycles. The second-order valence-electron chi connectivity index (χ2n) is 6.88. The van der Waals surface area contributed by atoms with Gasteiger partial charge in [-0.1, -0.05) is 27.7 Å². The smallest absolute Gasteiger partial charge is 0.330 e. The molecule has 0 fully saturated rings. The third-order valence-corrected chi connectivity index (χ3v) is 8.73. The van der Waals surface area contributed by atoms with Crippen LogP contribution < -0.4 is 11.2 Å². The molecule has 126 valence electrons. The van der Waals surface area contributed by atoms with Crippen LogP contribution in [0.4, 0.5) is 0 Å². The zero-order valence-electron chi connectivity index (χ0n) is 14.5. The van der Waals surface area contributed by atoms with Gasteiger partial charge in [0.15, 0.2) is 8.32 Å². The Hall–Kier alpha value is -1.18. The Morgan fingerprint density at radius 1 is 1.23 bits per heavy atom. The van der Waals surface area contributed by atoms with Gasteiger partial charge in [-0.3, -0.25) is 14.3 Å². The molecule has 0 aliphatic heterocycles. The van der Waals surface area contributed by atoms with Crippen LogP contribution in [0.25, 0.3) is 0 Å². The predicted molar refractivity (Wildman–Crippen MR) is 89.8 cm³/mol. The van der Waals surface area contributed by atoms with E-state index in [-0.39, 0.29) is 17.3 Å². The number of aromatic amines is 1. The first-order valence-electron chi connectivity index (χ1n) is 7.63. The first kappa shape index (κ1) is 18.9. The Morgan fingerprint density at radius 2 is 1.86 bits per heavy atom. The van der Waals surface area contributed by atoms with E-state index in [1.807, 2.05) is 6.92 Å². The average molecular weight is 328 g/mol. The number of aromatic nitrogens is 2. The number of ether oxygens (including phenoxy) is 1. The fraction of sp³-hybridized carbons (Fsp3) is 0.733. The van der Waals surface area contributed by atoms with Crippen LogP contribution in [-0.4, -0.2) is 31.1 Å². The lowest BCUT2D eigenvalue weighted by atomic mass is 10.2. The molecule has 7 heteroatoms. The van der Waals surface area contributed by atoms with Crippen LogP contribution in [0.1, 0.15) is 33.3 Å². The summed E-state index contributed by atoms with van der Waals surface area (Å²) in [6.07, 6.45) is 2.12. The Balaban J connectivity index is 2.50. The van der Waals surface area contributed by atoms with Crippen LogP contribution in [0.3, 0.4) is 0 Å². The van der Waals surface area contributed by atoms with Gasteiger partial charge < -0.3 is 9.16 Å². The molecule has 0 atom stereocenters. The standard InChI is InChI=1S/C15H28N2O4Si/c1-7-12-10-17(14(19)16-13(12)18)11-20-8-9-21-22(5,6)15(2,3)4/h10H,7-9,11H2,1-6H3,(H,16,18,19). The van der Waals surface area contributed by atoms with E-state index in [4.69, 9.17) is 9.16 Å². The number of hydrogen-bond donors (Lipinski definition) is 1. The fourth-order valence-corrected chi connectivity index (χ4v) is 2.66. The molecule has 1 aromatic rings. The van der Waals surface area contributed by atoms with Crippen molar-refractivity contribution in [1.29, 1.82) is 0 Å². The number of hydrogen-bond acceptors (Lipinski definition) is 4. The van der Waals surface area contributed by atoms with E-state index in [1.54, 1.807) is 6.20 Å². The van der Waals surface area contributed by atoms with Gasteiger partial charge in [-0.15, -0.1) is 0 Å². The molecule has 1 heterocycles. The lowest BCUT2D eigenvalue weighted by Gasteiger charge is -2.36. The van der Waals surface area contributed by atoms with Gasteiger partial charge in [0.05, 0.1) is 13.2 Å². The lowest BCUT2D eigenvalue weighted by molar-refractivity contribution is 0.0481. The molecule has 0 aliphatic carbocycles. The summed E-state index contributed by atoms with van der Waals surface area (Å²) in [5.41, 5.74) is -0.210. The zero-order chi connectivity index (χ0) is 17.0. The maximum absolute atomic E-state index is 11.7. The van der Waals surface area contributed by atoms with Gasteiger partial charge >= 0.3 is 5.69 Å². The normalized spacial score (nSPS) is 12.6. The minimum absolute atomic E-state index is 0.115. The molecule has 0 unspecified atom stereocenters. The number of nitrogens with one attached hydrogen (secondary N) is 1. The van der Waals surface area contributed by atoms with Crippen LogP contribution in [0.5, 0.6) is 0 Å². The van der Waals surface area contributed by atoms with E-state index in [2.05, 4.69) is 38.8 Å². The van der Waals surface area contributed by atoms with Crippen molar-refractivity contribution in [2.75, 3.05) is 13.2 Å². The van der Waals surface area contributed by atoms with Crippen molar-refractivity contribution in [3.05, 3.63) is 32.6 Å². The highest BCUT2D eigenvalue weighted by Crippen LogP contribution is 2.36. The summed E-state index contributed by atoms with van der Waals surface area (Å²) in [5.74, 6) is 0. The number of rotatable bonds is 7. The monoisotopic (exact) mass is 328 g/mol. The number of aryl methyl sites for hydroxylation is 1. The summed E-state index contributed by atoms with van der Waals surface area (Å²) in [7, 11) is -1.76. The van der Waals surface area contributed by atoms with E-state index >= 15 is 0 Å². The highest BCUT2D eigenvalue weighted by Gasteiger charge is 2.36. The van der Waals surface area contributed by atoms with E-state index in [0.717, 1.165) is 0 Å². The molecule has 0 amide bonds. The third-order valence-electron chi connectivity index (χ3n) is 4.19. The summed E-state index contributed by atoms with van der Waals surface area (Å²) in [6.45, 7) is 13.8. The summed E-state index contributed by atoms with van der Waals surface area (Å²) in [4.78, 5) is 25.4. The molecule has 0 radical (unpaired) electrons. The summed E-state index contributed by atoms with van der Waals surface area (Å²) >= 11 is 0. The third kappa shape index (κ3) is 4.93. The first-order chi connectivity index (χ1) is 10.1. The molecule has 6 nitrogen and oxygen atoms in total. The van der Waals surface area contributed by atoms with Crippen LogP contribution in [0, 0.1) is 0 Å². The molecule has 1 aromatic heterocycles. The minimum atomic E-state index is -1.76. The van der Waals surface area contributed by atoms with E-state index in [9.17, 15) is 9.59 Å². The van der Waals surface area contributed by atoms with E-state index < -0.39 is 14.0 Å². The van der Waals surface area contributed by atoms with Crippen molar-refractivity contribution >= 4 is 8.32 Å². The Morgan fingerprint density at radius 3 is 2.41 bits per heavy atom.